The second-order valence-corrected chi connectivity index (χ2v) is 6.21. The second-order valence-electron chi connectivity index (χ2n) is 3.55. The van der Waals surface area contributed by atoms with Gasteiger partial charge in [-0.2, -0.15) is 0 Å². The van der Waals surface area contributed by atoms with Crippen LogP contribution in [0.5, 0.6) is 0 Å². The number of sulfone groups is 1. The average Bonchev–Trinajstić information content (AvgIpc) is 2.39. The molecule has 22 heavy (non-hydrogen) atoms. The van der Waals surface area contributed by atoms with Gasteiger partial charge in [0.05, 0.1) is 0 Å². The van der Waals surface area contributed by atoms with Crippen molar-refractivity contribution < 1.29 is 28.7 Å². The molecule has 0 unspecified atom stereocenters. The molecule has 0 aromatic heterocycles. The molecule has 0 rings (SSSR count). The summed E-state index contributed by atoms with van der Waals surface area (Å²) in [5.74, 6) is 2.60. The third kappa shape index (κ3) is 251. The van der Waals surface area contributed by atoms with E-state index >= 15 is 0 Å². The van der Waals surface area contributed by atoms with Gasteiger partial charge in [-0.25, -0.2) is 8.42 Å². The average molecular weight is 434 g/mol. The third-order valence-electron chi connectivity index (χ3n) is 0.800. The fourth-order valence-corrected chi connectivity index (χ4v) is 0.115. The monoisotopic (exact) mass is 432 g/mol. The lowest BCUT2D eigenvalue weighted by Gasteiger charge is -1.87. The smallest absolute Gasteiger partial charge is 0.427 e. The number of halogens is 2. The molecule has 0 bridgehead atoms. The Hall–Kier alpha value is 0.625. The minimum absolute atomic E-state index is 0. The maximum absolute atomic E-state index is 9.63. The summed E-state index contributed by atoms with van der Waals surface area (Å²) in [6.07, 6.45) is 4.32. The molecule has 0 aromatic carbocycles. The molecule has 0 aliphatic rings. The van der Waals surface area contributed by atoms with E-state index in [-0.39, 0.29) is 20.4 Å². The molecule has 142 valence electrons. The highest BCUT2D eigenvalue weighted by molar-refractivity contribution is 9.08. The van der Waals surface area contributed by atoms with E-state index in [0.29, 0.717) is 6.61 Å². The zero-order valence-corrected chi connectivity index (χ0v) is 16.7. The maximum atomic E-state index is 9.63. The molecule has 0 saturated heterocycles. The third-order valence-corrected chi connectivity index (χ3v) is 1.18. The van der Waals surface area contributed by atoms with Gasteiger partial charge in [0, 0.05) is 37.9 Å². The lowest BCUT2D eigenvalue weighted by Crippen LogP contribution is -2.11. The van der Waals surface area contributed by atoms with Crippen molar-refractivity contribution in [2.75, 3.05) is 37.4 Å². The number of aliphatic hydroxyl groups excluding tert-OH is 2. The van der Waals surface area contributed by atoms with Crippen LogP contribution in [0.25, 0.3) is 0 Å². The van der Waals surface area contributed by atoms with Crippen molar-refractivity contribution in [2.45, 2.75) is 40.4 Å². The first kappa shape index (κ1) is 38.3. The van der Waals surface area contributed by atoms with Crippen molar-refractivity contribution in [1.82, 2.24) is 0 Å². The van der Waals surface area contributed by atoms with Crippen LogP contribution in [0.4, 0.5) is 0 Å². The van der Waals surface area contributed by atoms with E-state index in [9.17, 15) is 8.42 Å². The molecule has 0 heterocycles. The predicted octanol–water partition coefficient (Wildman–Crippen LogP) is 1.78. The molecule has 0 aromatic rings. The van der Waals surface area contributed by atoms with Gasteiger partial charge in [0.2, 0.25) is 0 Å². The first-order chi connectivity index (χ1) is 9.60. The van der Waals surface area contributed by atoms with Crippen LogP contribution >= 0.6 is 27.5 Å². The molecule has 0 spiro atoms. The van der Waals surface area contributed by atoms with E-state index in [2.05, 4.69) is 15.9 Å². The summed E-state index contributed by atoms with van der Waals surface area (Å²) in [4.78, 5) is 0. The molecule has 0 fully saturated rings. The topological polar surface area (TPSA) is 115 Å². The van der Waals surface area contributed by atoms with Crippen molar-refractivity contribution in [3.8, 4) is 0 Å². The number of alkyl halides is 2. The van der Waals surface area contributed by atoms with Crippen LogP contribution in [0, 0.1) is 0 Å². The Kier molecular flexibility index (Phi) is 65.6. The van der Waals surface area contributed by atoms with Crippen LogP contribution < -0.4 is 0 Å². The predicted molar refractivity (Wildman–Crippen MR) is 103 cm³/mol. The zero-order valence-electron chi connectivity index (χ0n) is 13.6. The highest BCUT2D eigenvalue weighted by atomic mass is 79.9. The summed E-state index contributed by atoms with van der Waals surface area (Å²) in [6, 6.07) is 0. The van der Waals surface area contributed by atoms with Crippen LogP contribution in [-0.4, -0.2) is 73.2 Å². The minimum atomic E-state index is -2.67. The van der Waals surface area contributed by atoms with Gasteiger partial charge in [-0.15, -0.1) is 11.6 Å². The fraction of sp³-hybridized carbons (Fsp3) is 1.00. The van der Waals surface area contributed by atoms with E-state index in [1.54, 1.807) is 0 Å². The molecule has 0 amide bonds. The van der Waals surface area contributed by atoms with Crippen LogP contribution in [0.1, 0.15) is 34.1 Å². The summed E-state index contributed by atoms with van der Waals surface area (Å²) < 4.78 is 19.3. The van der Waals surface area contributed by atoms with Crippen LogP contribution in [0.3, 0.4) is 0 Å². The molecule has 0 saturated carbocycles. The summed E-state index contributed by atoms with van der Waals surface area (Å²) in [6.45, 7) is 4.13. The SMILES string of the molecule is C.CBr.CCCCl.CCCO.CS(C)(=O)=O.OCCB(O)O. The van der Waals surface area contributed by atoms with E-state index in [0.717, 1.165) is 31.2 Å². The van der Waals surface area contributed by atoms with Crippen LogP contribution in [0.15, 0.2) is 0 Å². The van der Waals surface area contributed by atoms with Gasteiger partial charge in [0.15, 0.2) is 0 Å². The van der Waals surface area contributed by atoms with Gasteiger partial charge in [-0.05, 0) is 18.7 Å². The molecule has 0 atom stereocenters. The van der Waals surface area contributed by atoms with Gasteiger partial charge < -0.3 is 20.3 Å². The number of hydrogen-bond acceptors (Lipinski definition) is 6. The Morgan fingerprint density at radius 3 is 1.23 bits per heavy atom. The van der Waals surface area contributed by atoms with Crippen molar-refractivity contribution in [2.24, 2.45) is 0 Å². The molecule has 6 nitrogen and oxygen atoms in total. The lowest BCUT2D eigenvalue weighted by molar-refractivity contribution is 0.295. The van der Waals surface area contributed by atoms with E-state index in [4.69, 9.17) is 31.9 Å². The van der Waals surface area contributed by atoms with Gasteiger partial charge in [0.25, 0.3) is 0 Å². The van der Waals surface area contributed by atoms with Crippen molar-refractivity contribution in [3.63, 3.8) is 0 Å². The van der Waals surface area contributed by atoms with E-state index < -0.39 is 17.0 Å². The van der Waals surface area contributed by atoms with Crippen molar-refractivity contribution in [3.05, 3.63) is 0 Å². The van der Waals surface area contributed by atoms with Gasteiger partial charge >= 0.3 is 7.12 Å². The van der Waals surface area contributed by atoms with Crippen LogP contribution in [0.2, 0.25) is 6.32 Å². The number of rotatable bonds is 4. The minimum Gasteiger partial charge on any atom is -0.427 e. The largest absolute Gasteiger partial charge is 0.453 e. The second kappa shape index (κ2) is 37.7. The molecule has 10 heteroatoms. The van der Waals surface area contributed by atoms with Crippen molar-refractivity contribution >= 4 is 44.5 Å². The fourth-order valence-electron chi connectivity index (χ4n) is 0.115. The van der Waals surface area contributed by atoms with Gasteiger partial charge in [-0.3, -0.25) is 0 Å². The summed E-state index contributed by atoms with van der Waals surface area (Å²) in [5.41, 5.74) is 0. The number of hydrogen-bond donors (Lipinski definition) is 4. The first-order valence-corrected chi connectivity index (χ1v) is 10.7. The Balaban J connectivity index is -0.0000000372. The zero-order chi connectivity index (χ0) is 18.3. The first-order valence-electron chi connectivity index (χ1n) is 6.27. The van der Waals surface area contributed by atoms with Crippen molar-refractivity contribution in [1.29, 1.82) is 0 Å². The number of aliphatic hydroxyl groups is 2. The van der Waals surface area contributed by atoms with Crippen LogP contribution in [-0.2, 0) is 9.84 Å². The van der Waals surface area contributed by atoms with E-state index in [1.807, 2.05) is 19.7 Å². The summed E-state index contributed by atoms with van der Waals surface area (Å²) in [5, 5.41) is 31.7. The quantitative estimate of drug-likeness (QED) is 0.397. The Morgan fingerprint density at radius 2 is 1.23 bits per heavy atom. The highest BCUT2D eigenvalue weighted by Crippen LogP contribution is 1.76. The van der Waals surface area contributed by atoms with E-state index in [1.165, 1.54) is 0 Å². The maximum Gasteiger partial charge on any atom is 0.453 e. The molecule has 0 aliphatic carbocycles. The standard InChI is InChI=1S/C3H7Cl.C3H8O.C2H7BO3.C2H6O2S.CH3Br.CH4/c2*1-2-3-4;4-2-1-3(5)6;1-5(2,3)4;1-2;/h2-3H2,1H3;4H,2-3H2,1H3;4-6H,1-2H2;1-2H3;1H3;1H4. The summed E-state index contributed by atoms with van der Waals surface area (Å²) >= 11 is 8.12. The Morgan fingerprint density at radius 1 is 1.00 bits per heavy atom. The molecular formula is C12H35BBrClO6S. The van der Waals surface area contributed by atoms with Gasteiger partial charge in [-0.1, -0.05) is 37.2 Å². The summed E-state index contributed by atoms with van der Waals surface area (Å²) in [7, 11) is -4.02. The van der Waals surface area contributed by atoms with Gasteiger partial charge in [0.1, 0.15) is 9.84 Å². The normalized spacial score (nSPS) is 7.95. The highest BCUT2D eigenvalue weighted by Gasteiger charge is 2.01. The molecule has 4 N–H and O–H groups in total. The molecule has 0 radical (unpaired) electrons. The Bertz CT molecular complexity index is 216. The lowest BCUT2D eigenvalue weighted by atomic mass is 9.87. The molecular weight excluding hydrogens is 398 g/mol. The Labute approximate surface area is 151 Å². The molecule has 0 aliphatic heterocycles.